The minimum absolute atomic E-state index is 0.0829. The molecule has 0 fully saturated rings. The summed E-state index contributed by atoms with van der Waals surface area (Å²) in [5.74, 6) is -0.425. The van der Waals surface area contributed by atoms with Crippen LogP contribution in [0.15, 0.2) is 35.3 Å². The number of rotatable bonds is 5. The number of carbonyl (C=O) groups is 1. The van der Waals surface area contributed by atoms with Gasteiger partial charge < -0.3 is 9.72 Å². The number of halogens is 1. The first kappa shape index (κ1) is 15.0. The number of H-pyrrole nitrogens is 1. The molecule has 0 unspecified atom stereocenters. The van der Waals surface area contributed by atoms with E-state index >= 15 is 0 Å². The smallest absolute Gasteiger partial charge is 0.234 e. The van der Waals surface area contributed by atoms with E-state index < -0.39 is 5.43 Å². The van der Waals surface area contributed by atoms with Gasteiger partial charge in [0.05, 0.1) is 18.4 Å². The molecule has 2 aromatic rings. The molecule has 0 atom stereocenters. The van der Waals surface area contributed by atoms with Crippen molar-refractivity contribution in [3.63, 3.8) is 0 Å². The Balaban J connectivity index is 2.14. The molecule has 0 saturated heterocycles. The van der Waals surface area contributed by atoms with Crippen LogP contribution in [0.1, 0.15) is 28.0 Å². The number of ether oxygens (including phenoxy) is 1. The fourth-order valence-corrected chi connectivity index (χ4v) is 2.10. The Morgan fingerprint density at radius 3 is 2.57 bits per heavy atom. The molecule has 0 spiro atoms. The Morgan fingerprint density at radius 2 is 1.95 bits per heavy atom. The average molecular weight is 289 g/mol. The zero-order chi connectivity index (χ0) is 15.4. The number of methoxy groups -OCH3 is 1. The van der Waals surface area contributed by atoms with E-state index in [0.717, 1.165) is 5.56 Å². The number of hydrogen-bond acceptors (Lipinski definition) is 3. The van der Waals surface area contributed by atoms with Gasteiger partial charge in [-0.3, -0.25) is 9.59 Å². The van der Waals surface area contributed by atoms with E-state index in [-0.39, 0.29) is 29.3 Å². The van der Waals surface area contributed by atoms with E-state index in [4.69, 9.17) is 4.74 Å². The molecule has 0 aliphatic carbocycles. The van der Waals surface area contributed by atoms with E-state index in [0.29, 0.717) is 12.1 Å². The van der Waals surface area contributed by atoms with E-state index in [1.54, 1.807) is 19.1 Å². The Labute approximate surface area is 121 Å². The number of aromatic amines is 1. The zero-order valence-electron chi connectivity index (χ0n) is 11.9. The van der Waals surface area contributed by atoms with Crippen LogP contribution in [0.25, 0.3) is 0 Å². The van der Waals surface area contributed by atoms with E-state index in [9.17, 15) is 14.0 Å². The minimum Gasteiger partial charge on any atom is -0.491 e. The fraction of sp³-hybridized carbons (Fsp3) is 0.250. The monoisotopic (exact) mass is 289 g/mol. The van der Waals surface area contributed by atoms with Gasteiger partial charge in [-0.2, -0.15) is 0 Å². The maximum absolute atomic E-state index is 12.8. The SMILES string of the molecule is COc1c(C)[nH]cc(C(=O)CCc2ccc(F)cc2)c1=O. The summed E-state index contributed by atoms with van der Waals surface area (Å²) in [4.78, 5) is 27.1. The van der Waals surface area contributed by atoms with Crippen molar-refractivity contribution in [2.75, 3.05) is 7.11 Å². The van der Waals surface area contributed by atoms with E-state index in [1.807, 2.05) is 0 Å². The predicted molar refractivity (Wildman–Crippen MR) is 77.4 cm³/mol. The first-order valence-corrected chi connectivity index (χ1v) is 6.57. The molecule has 1 aromatic carbocycles. The number of benzene rings is 1. The second kappa shape index (κ2) is 6.35. The number of carbonyl (C=O) groups excluding carboxylic acids is 1. The maximum Gasteiger partial charge on any atom is 0.234 e. The van der Waals surface area contributed by atoms with Crippen LogP contribution < -0.4 is 10.2 Å². The van der Waals surface area contributed by atoms with Crippen LogP contribution in [0.4, 0.5) is 4.39 Å². The molecule has 0 aliphatic heterocycles. The molecule has 5 heteroatoms. The highest BCUT2D eigenvalue weighted by atomic mass is 19.1. The second-order valence-corrected chi connectivity index (χ2v) is 4.74. The van der Waals surface area contributed by atoms with Gasteiger partial charge in [-0.1, -0.05) is 12.1 Å². The summed E-state index contributed by atoms with van der Waals surface area (Å²) >= 11 is 0. The third kappa shape index (κ3) is 3.37. The molecule has 1 aromatic heterocycles. The molecule has 21 heavy (non-hydrogen) atoms. The van der Waals surface area contributed by atoms with Crippen molar-refractivity contribution in [1.82, 2.24) is 4.98 Å². The molecule has 2 rings (SSSR count). The number of aromatic nitrogens is 1. The molecule has 1 heterocycles. The van der Waals surface area contributed by atoms with Crippen LogP contribution in [0, 0.1) is 12.7 Å². The maximum atomic E-state index is 12.8. The van der Waals surface area contributed by atoms with Gasteiger partial charge in [-0.05, 0) is 31.0 Å². The summed E-state index contributed by atoms with van der Waals surface area (Å²) in [6, 6.07) is 5.95. The number of aryl methyl sites for hydroxylation is 2. The quantitative estimate of drug-likeness (QED) is 0.861. The van der Waals surface area contributed by atoms with Crippen molar-refractivity contribution in [3.8, 4) is 5.75 Å². The summed E-state index contributed by atoms with van der Waals surface area (Å²) in [5, 5.41) is 0. The lowest BCUT2D eigenvalue weighted by Crippen LogP contribution is -2.18. The van der Waals surface area contributed by atoms with Crippen LogP contribution >= 0.6 is 0 Å². The van der Waals surface area contributed by atoms with Gasteiger partial charge in [0.25, 0.3) is 0 Å². The standard InChI is InChI=1S/C16H16FNO3/c1-10-16(21-2)15(20)13(9-18-10)14(19)8-5-11-3-6-12(17)7-4-11/h3-4,6-7,9H,5,8H2,1-2H3,(H,18,20). The third-order valence-corrected chi connectivity index (χ3v) is 3.28. The molecule has 4 nitrogen and oxygen atoms in total. The van der Waals surface area contributed by atoms with Crippen molar-refractivity contribution >= 4 is 5.78 Å². The molecule has 0 bridgehead atoms. The van der Waals surface area contributed by atoms with Crippen LogP contribution in [0.2, 0.25) is 0 Å². The van der Waals surface area contributed by atoms with Gasteiger partial charge >= 0.3 is 0 Å². The Morgan fingerprint density at radius 1 is 1.29 bits per heavy atom. The molecular weight excluding hydrogens is 273 g/mol. The predicted octanol–water partition coefficient (Wildman–Crippen LogP) is 2.65. The second-order valence-electron chi connectivity index (χ2n) is 4.74. The number of Topliss-reactive ketones (excluding diaryl/α,β-unsaturated/α-hetero) is 1. The molecule has 1 N–H and O–H groups in total. The van der Waals surface area contributed by atoms with Crippen molar-refractivity contribution in [3.05, 3.63) is 63.3 Å². The first-order chi connectivity index (χ1) is 10.0. The highest BCUT2D eigenvalue weighted by Gasteiger charge is 2.15. The van der Waals surface area contributed by atoms with E-state index in [1.165, 1.54) is 25.4 Å². The Kier molecular flexibility index (Phi) is 4.52. The molecule has 0 aliphatic rings. The lowest BCUT2D eigenvalue weighted by Gasteiger charge is -2.06. The third-order valence-electron chi connectivity index (χ3n) is 3.28. The Bertz CT molecular complexity index is 704. The summed E-state index contributed by atoms with van der Waals surface area (Å²) in [6.07, 6.45) is 2.04. The van der Waals surface area contributed by atoms with Crippen LogP contribution in [-0.2, 0) is 6.42 Å². The van der Waals surface area contributed by atoms with Crippen LogP contribution in [0.5, 0.6) is 5.75 Å². The fourth-order valence-electron chi connectivity index (χ4n) is 2.10. The van der Waals surface area contributed by atoms with Gasteiger partial charge in [0.1, 0.15) is 5.82 Å². The molecule has 110 valence electrons. The van der Waals surface area contributed by atoms with Gasteiger partial charge in [0, 0.05) is 12.6 Å². The highest BCUT2D eigenvalue weighted by molar-refractivity contribution is 5.96. The summed E-state index contributed by atoms with van der Waals surface area (Å²) in [5.41, 5.74) is 1.11. The first-order valence-electron chi connectivity index (χ1n) is 6.57. The zero-order valence-corrected chi connectivity index (χ0v) is 11.9. The van der Waals surface area contributed by atoms with Gasteiger partial charge in [0.2, 0.25) is 5.43 Å². The molecular formula is C16H16FNO3. The number of nitrogens with one attached hydrogen (secondary N) is 1. The summed E-state index contributed by atoms with van der Waals surface area (Å²) < 4.78 is 17.8. The topological polar surface area (TPSA) is 59.2 Å². The van der Waals surface area contributed by atoms with E-state index in [2.05, 4.69) is 4.98 Å². The lowest BCUT2D eigenvalue weighted by atomic mass is 10.0. The minimum atomic E-state index is -0.405. The van der Waals surface area contributed by atoms with Crippen molar-refractivity contribution in [1.29, 1.82) is 0 Å². The van der Waals surface area contributed by atoms with Crippen molar-refractivity contribution in [2.45, 2.75) is 19.8 Å². The van der Waals surface area contributed by atoms with Gasteiger partial charge in [-0.25, -0.2) is 4.39 Å². The van der Waals surface area contributed by atoms with Crippen LogP contribution in [0.3, 0.4) is 0 Å². The van der Waals surface area contributed by atoms with Gasteiger partial charge in [0.15, 0.2) is 11.5 Å². The molecule has 0 amide bonds. The van der Waals surface area contributed by atoms with Crippen molar-refractivity contribution in [2.24, 2.45) is 0 Å². The molecule has 0 saturated carbocycles. The number of hydrogen-bond donors (Lipinski definition) is 1. The normalized spacial score (nSPS) is 10.4. The largest absolute Gasteiger partial charge is 0.491 e. The van der Waals surface area contributed by atoms with Gasteiger partial charge in [-0.15, -0.1) is 0 Å². The number of ketones is 1. The van der Waals surface area contributed by atoms with Crippen molar-refractivity contribution < 1.29 is 13.9 Å². The van der Waals surface area contributed by atoms with Crippen LogP contribution in [-0.4, -0.2) is 17.9 Å². The Hall–Kier alpha value is -2.43. The summed E-state index contributed by atoms with van der Waals surface area (Å²) in [7, 11) is 1.39. The number of pyridine rings is 1. The highest BCUT2D eigenvalue weighted by Crippen LogP contribution is 2.12. The summed E-state index contributed by atoms with van der Waals surface area (Å²) in [6.45, 7) is 1.70. The lowest BCUT2D eigenvalue weighted by molar-refractivity contribution is 0.0981. The molecule has 0 radical (unpaired) electrons. The average Bonchev–Trinajstić information content (AvgIpc) is 2.47.